The summed E-state index contributed by atoms with van der Waals surface area (Å²) in [6.45, 7) is 0. The fraction of sp³-hybridized carbons (Fsp3) is 0.318. The van der Waals surface area contributed by atoms with E-state index < -0.39 is 37.4 Å². The summed E-state index contributed by atoms with van der Waals surface area (Å²) in [6, 6.07) is 9.44. The van der Waals surface area contributed by atoms with Crippen molar-refractivity contribution >= 4 is 38.2 Å². The number of amides is 1. The number of aromatic amines is 1. The highest BCUT2D eigenvalue weighted by atomic mass is 35.5. The molecule has 0 bridgehead atoms. The molecule has 1 N–H and O–H groups in total. The van der Waals surface area contributed by atoms with Crippen LogP contribution >= 0.6 is 11.6 Å². The number of benzene rings is 2. The standard InChI is InChI=1S/C22H21ClF2N2O3S/c1-27(2)21(28)22(25,31(29,30)16-5-3-4-15(24)12-16)13-6-8-17-18-11-14(23)7-9-19(18)26-20(17)10-13/h3-5,7,9,11-13,26H,6,8,10H2,1-2H3. The second-order valence-corrected chi connectivity index (χ2v) is 10.5. The second kappa shape index (κ2) is 7.60. The highest BCUT2D eigenvalue weighted by Crippen LogP contribution is 2.44. The third kappa shape index (κ3) is 3.42. The van der Waals surface area contributed by atoms with Crippen LogP contribution in [0.25, 0.3) is 10.9 Å². The van der Waals surface area contributed by atoms with E-state index in [0.717, 1.165) is 39.6 Å². The zero-order chi connectivity index (χ0) is 22.6. The molecular weight excluding hydrogens is 446 g/mol. The number of hydrogen-bond acceptors (Lipinski definition) is 3. The number of H-pyrrole nitrogens is 1. The molecule has 0 aliphatic heterocycles. The van der Waals surface area contributed by atoms with Gasteiger partial charge in [-0.25, -0.2) is 17.2 Å². The molecule has 3 aromatic rings. The molecular formula is C22H21ClF2N2O3S. The molecule has 0 radical (unpaired) electrons. The van der Waals surface area contributed by atoms with Crippen LogP contribution in [0.3, 0.4) is 0 Å². The topological polar surface area (TPSA) is 70.2 Å². The van der Waals surface area contributed by atoms with Crippen molar-refractivity contribution in [1.29, 1.82) is 0 Å². The molecule has 1 aromatic heterocycles. The Morgan fingerprint density at radius 2 is 1.97 bits per heavy atom. The molecule has 2 unspecified atom stereocenters. The van der Waals surface area contributed by atoms with Gasteiger partial charge in [0.05, 0.1) is 4.90 Å². The van der Waals surface area contributed by atoms with Gasteiger partial charge in [-0.05, 0) is 61.2 Å². The van der Waals surface area contributed by atoms with E-state index in [0.29, 0.717) is 17.1 Å². The summed E-state index contributed by atoms with van der Waals surface area (Å²) in [5, 5.41) is -1.78. The molecule has 9 heteroatoms. The first kappa shape index (κ1) is 21.8. The van der Waals surface area contributed by atoms with E-state index in [1.165, 1.54) is 20.2 Å². The van der Waals surface area contributed by atoms with E-state index in [4.69, 9.17) is 11.6 Å². The van der Waals surface area contributed by atoms with Crippen molar-refractivity contribution in [1.82, 2.24) is 9.88 Å². The van der Waals surface area contributed by atoms with E-state index in [1.54, 1.807) is 6.07 Å². The SMILES string of the molecule is CN(C)C(=O)C(F)(C1CCc2c([nH]c3ccc(Cl)cc23)C1)S(=O)(=O)c1cccc(F)c1. The third-order valence-corrected chi connectivity index (χ3v) is 8.27. The molecule has 1 aliphatic rings. The highest BCUT2D eigenvalue weighted by Gasteiger charge is 2.59. The van der Waals surface area contributed by atoms with E-state index in [9.17, 15) is 17.6 Å². The number of aryl methyl sites for hydroxylation is 1. The van der Waals surface area contributed by atoms with Crippen LogP contribution in [0.1, 0.15) is 17.7 Å². The molecule has 1 heterocycles. The number of fused-ring (bicyclic) bond motifs is 3. The molecule has 1 aliphatic carbocycles. The minimum Gasteiger partial charge on any atom is -0.358 e. The maximum atomic E-state index is 16.6. The number of hydrogen-bond donors (Lipinski definition) is 1. The summed E-state index contributed by atoms with van der Waals surface area (Å²) in [6.07, 6.45) is 0.536. The van der Waals surface area contributed by atoms with Gasteiger partial charge in [-0.2, -0.15) is 0 Å². The summed E-state index contributed by atoms with van der Waals surface area (Å²) in [4.78, 5) is 16.5. The van der Waals surface area contributed by atoms with Crippen molar-refractivity contribution in [2.45, 2.75) is 29.2 Å². The lowest BCUT2D eigenvalue weighted by Gasteiger charge is -2.36. The van der Waals surface area contributed by atoms with Crippen LogP contribution in [0.4, 0.5) is 8.78 Å². The monoisotopic (exact) mass is 466 g/mol. The Balaban J connectivity index is 1.83. The van der Waals surface area contributed by atoms with Crippen LogP contribution in [0, 0.1) is 11.7 Å². The van der Waals surface area contributed by atoms with Crippen molar-refractivity contribution in [2.24, 2.45) is 5.92 Å². The Morgan fingerprint density at radius 3 is 2.65 bits per heavy atom. The van der Waals surface area contributed by atoms with Crippen LogP contribution in [0.15, 0.2) is 47.4 Å². The number of rotatable bonds is 4. The second-order valence-electron chi connectivity index (χ2n) is 8.02. The van der Waals surface area contributed by atoms with Crippen molar-refractivity contribution in [3.05, 3.63) is 64.6 Å². The number of halogens is 3. The summed E-state index contributed by atoms with van der Waals surface area (Å²) in [5.41, 5.74) is 2.43. The highest BCUT2D eigenvalue weighted by molar-refractivity contribution is 7.93. The molecule has 1 amide bonds. The number of aromatic nitrogens is 1. The number of carbonyl (C=O) groups excluding carboxylic acids is 1. The zero-order valence-electron chi connectivity index (χ0n) is 17.0. The number of nitrogens with one attached hydrogen (secondary N) is 1. The molecule has 2 atom stereocenters. The fourth-order valence-electron chi connectivity index (χ4n) is 4.34. The molecule has 5 nitrogen and oxygen atoms in total. The van der Waals surface area contributed by atoms with Gasteiger partial charge in [0.1, 0.15) is 5.82 Å². The maximum absolute atomic E-state index is 16.6. The summed E-state index contributed by atoms with van der Waals surface area (Å²) < 4.78 is 57.1. The van der Waals surface area contributed by atoms with E-state index >= 15 is 4.39 Å². The first-order chi connectivity index (χ1) is 14.6. The lowest BCUT2D eigenvalue weighted by molar-refractivity contribution is -0.139. The zero-order valence-corrected chi connectivity index (χ0v) is 18.5. The van der Waals surface area contributed by atoms with E-state index in [2.05, 4.69) is 4.98 Å². The molecule has 0 saturated carbocycles. The number of carbonyl (C=O) groups is 1. The summed E-state index contributed by atoms with van der Waals surface area (Å²) >= 11 is 6.10. The normalized spacial score (nSPS) is 18.4. The van der Waals surface area contributed by atoms with Gasteiger partial charge in [-0.3, -0.25) is 4.79 Å². The molecule has 0 spiro atoms. The Hall–Kier alpha value is -2.45. The van der Waals surface area contributed by atoms with Crippen LogP contribution in [-0.2, 0) is 27.5 Å². The molecule has 4 rings (SSSR count). The average Bonchev–Trinajstić information content (AvgIpc) is 3.09. The van der Waals surface area contributed by atoms with Crippen LogP contribution in [-0.4, -0.2) is 43.3 Å². The van der Waals surface area contributed by atoms with Gasteiger partial charge in [0.15, 0.2) is 0 Å². The molecule has 0 saturated heterocycles. The first-order valence-corrected chi connectivity index (χ1v) is 11.6. The molecule has 2 aromatic carbocycles. The fourth-order valence-corrected chi connectivity index (χ4v) is 6.43. The van der Waals surface area contributed by atoms with Gasteiger partial charge < -0.3 is 9.88 Å². The minimum atomic E-state index is -4.84. The first-order valence-electron chi connectivity index (χ1n) is 9.75. The number of nitrogens with zero attached hydrogens (tertiary/aromatic N) is 1. The van der Waals surface area contributed by atoms with Gasteiger partial charge in [-0.1, -0.05) is 17.7 Å². The van der Waals surface area contributed by atoms with Gasteiger partial charge in [-0.15, -0.1) is 0 Å². The number of alkyl halides is 1. The van der Waals surface area contributed by atoms with Crippen LogP contribution in [0.2, 0.25) is 5.02 Å². The van der Waals surface area contributed by atoms with Crippen LogP contribution < -0.4 is 0 Å². The third-order valence-electron chi connectivity index (χ3n) is 5.87. The summed E-state index contributed by atoms with van der Waals surface area (Å²) in [7, 11) is -2.23. The van der Waals surface area contributed by atoms with Crippen molar-refractivity contribution in [2.75, 3.05) is 14.1 Å². The Labute approximate surface area is 183 Å². The molecule has 31 heavy (non-hydrogen) atoms. The van der Waals surface area contributed by atoms with Gasteiger partial charge in [0.25, 0.3) is 10.9 Å². The van der Waals surface area contributed by atoms with Crippen molar-refractivity contribution in [3.63, 3.8) is 0 Å². The summed E-state index contributed by atoms with van der Waals surface area (Å²) in [5.74, 6) is -3.14. The average molecular weight is 467 g/mol. The minimum absolute atomic E-state index is 0.0201. The quantitative estimate of drug-likeness (QED) is 0.623. The predicted molar refractivity (Wildman–Crippen MR) is 115 cm³/mol. The Kier molecular flexibility index (Phi) is 5.34. The van der Waals surface area contributed by atoms with Crippen LogP contribution in [0.5, 0.6) is 0 Å². The van der Waals surface area contributed by atoms with Gasteiger partial charge in [0.2, 0.25) is 9.84 Å². The molecule has 0 fully saturated rings. The Morgan fingerprint density at radius 1 is 1.23 bits per heavy atom. The largest absolute Gasteiger partial charge is 0.358 e. The van der Waals surface area contributed by atoms with E-state index in [-0.39, 0.29) is 12.8 Å². The maximum Gasteiger partial charge on any atom is 0.295 e. The predicted octanol–water partition coefficient (Wildman–Crippen LogP) is 4.29. The van der Waals surface area contributed by atoms with E-state index in [1.807, 2.05) is 12.1 Å². The lowest BCUT2D eigenvalue weighted by Crippen LogP contribution is -2.55. The van der Waals surface area contributed by atoms with Crippen molar-refractivity contribution in [3.8, 4) is 0 Å². The molecule has 164 valence electrons. The van der Waals surface area contributed by atoms with Crippen molar-refractivity contribution < 1.29 is 22.0 Å². The Bertz CT molecular complexity index is 1290. The van der Waals surface area contributed by atoms with Gasteiger partial charge >= 0.3 is 0 Å². The number of sulfone groups is 1. The lowest BCUT2D eigenvalue weighted by atomic mass is 9.83. The van der Waals surface area contributed by atoms with Gasteiger partial charge in [0, 0.05) is 41.6 Å². The smallest absolute Gasteiger partial charge is 0.295 e.